The number of hydrogen-bond donors (Lipinski definition) is 3. The van der Waals surface area contributed by atoms with Crippen molar-refractivity contribution in [2.75, 3.05) is 5.73 Å². The van der Waals surface area contributed by atoms with E-state index in [9.17, 15) is 4.79 Å². The molecule has 92 valence electrons. The summed E-state index contributed by atoms with van der Waals surface area (Å²) in [5, 5.41) is 8.80. The Hall–Kier alpha value is -1.04. The number of halogens is 2. The number of nitrogens with two attached hydrogens (primary N) is 2. The molecule has 5 nitrogen and oxygen atoms in total. The minimum atomic E-state index is -1.27. The van der Waals surface area contributed by atoms with Crippen molar-refractivity contribution >= 4 is 36.6 Å². The van der Waals surface area contributed by atoms with Gasteiger partial charge < -0.3 is 16.6 Å². The number of anilines is 1. The fraction of sp³-hybridized carbons (Fsp3) is 0.333. The van der Waals surface area contributed by atoms with Gasteiger partial charge in [-0.05, 0) is 24.6 Å². The Kier molecular flexibility index (Phi) is 7.08. The zero-order valence-corrected chi connectivity index (χ0v) is 10.3. The van der Waals surface area contributed by atoms with Gasteiger partial charge in [-0.1, -0.05) is 0 Å². The van der Waals surface area contributed by atoms with Crippen LogP contribution in [0.15, 0.2) is 18.3 Å². The molecule has 0 aliphatic rings. The Morgan fingerprint density at radius 2 is 2.12 bits per heavy atom. The lowest BCUT2D eigenvalue weighted by Crippen LogP contribution is -2.46. The highest BCUT2D eigenvalue weighted by Gasteiger charge is 2.27. The van der Waals surface area contributed by atoms with Gasteiger partial charge in [0, 0.05) is 12.6 Å². The normalized spacial score (nSPS) is 12.9. The molecule has 1 aromatic rings. The van der Waals surface area contributed by atoms with Crippen LogP contribution in [0.3, 0.4) is 0 Å². The highest BCUT2D eigenvalue weighted by atomic mass is 35.5. The van der Waals surface area contributed by atoms with Crippen LogP contribution in [0.4, 0.5) is 5.82 Å². The second-order valence-electron chi connectivity index (χ2n) is 3.49. The molecule has 1 rings (SSSR count). The Morgan fingerprint density at radius 3 is 2.56 bits per heavy atom. The fourth-order valence-electron chi connectivity index (χ4n) is 1.10. The molecule has 0 aromatic carbocycles. The van der Waals surface area contributed by atoms with E-state index >= 15 is 0 Å². The van der Waals surface area contributed by atoms with Crippen molar-refractivity contribution in [2.45, 2.75) is 18.9 Å². The van der Waals surface area contributed by atoms with Crippen molar-refractivity contribution in [3.05, 3.63) is 23.9 Å². The summed E-state index contributed by atoms with van der Waals surface area (Å²) in [4.78, 5) is 14.5. The number of aromatic nitrogens is 1. The number of pyridine rings is 1. The smallest absolute Gasteiger partial charge is 0.323 e. The van der Waals surface area contributed by atoms with Crippen LogP contribution in [0.25, 0.3) is 0 Å². The monoisotopic (exact) mass is 267 g/mol. The summed E-state index contributed by atoms with van der Waals surface area (Å²) < 4.78 is 0. The topological polar surface area (TPSA) is 102 Å². The first-order valence-corrected chi connectivity index (χ1v) is 4.14. The van der Waals surface area contributed by atoms with Crippen molar-refractivity contribution in [3.63, 3.8) is 0 Å². The Labute approximate surface area is 106 Å². The van der Waals surface area contributed by atoms with Crippen LogP contribution in [-0.4, -0.2) is 21.6 Å². The quantitative estimate of drug-likeness (QED) is 0.754. The first kappa shape index (κ1) is 17.4. The van der Waals surface area contributed by atoms with Gasteiger partial charge in [-0.15, -0.1) is 24.8 Å². The minimum Gasteiger partial charge on any atom is -0.480 e. The number of rotatable bonds is 3. The third kappa shape index (κ3) is 4.65. The molecule has 1 atom stereocenters. The largest absolute Gasteiger partial charge is 0.480 e. The van der Waals surface area contributed by atoms with Crippen molar-refractivity contribution in [1.29, 1.82) is 0 Å². The third-order valence-electron chi connectivity index (χ3n) is 1.91. The molecule has 7 heteroatoms. The average molecular weight is 268 g/mol. The van der Waals surface area contributed by atoms with Crippen molar-refractivity contribution in [1.82, 2.24) is 4.98 Å². The summed E-state index contributed by atoms with van der Waals surface area (Å²) in [5.41, 5.74) is 10.5. The lowest BCUT2D eigenvalue weighted by atomic mass is 9.95. The summed E-state index contributed by atoms with van der Waals surface area (Å²) in [5.74, 6) is -0.670. The zero-order chi connectivity index (χ0) is 10.8. The fourth-order valence-corrected chi connectivity index (χ4v) is 1.10. The molecule has 0 aliphatic carbocycles. The molecule has 0 unspecified atom stereocenters. The van der Waals surface area contributed by atoms with Crippen molar-refractivity contribution < 1.29 is 9.90 Å². The lowest BCUT2D eigenvalue weighted by Gasteiger charge is -2.18. The zero-order valence-electron chi connectivity index (χ0n) is 8.71. The molecule has 0 spiro atoms. The molecule has 0 radical (unpaired) electrons. The van der Waals surface area contributed by atoms with Crippen LogP contribution >= 0.6 is 24.8 Å². The van der Waals surface area contributed by atoms with Gasteiger partial charge in [-0.25, -0.2) is 4.98 Å². The maximum absolute atomic E-state index is 10.7. The van der Waals surface area contributed by atoms with Gasteiger partial charge in [0.15, 0.2) is 0 Å². The average Bonchev–Trinajstić information content (AvgIpc) is 2.02. The second-order valence-corrected chi connectivity index (χ2v) is 3.49. The minimum absolute atomic E-state index is 0. The maximum atomic E-state index is 10.7. The van der Waals surface area contributed by atoms with E-state index in [1.807, 2.05) is 0 Å². The molecule has 0 fully saturated rings. The number of carboxylic acids is 1. The van der Waals surface area contributed by atoms with E-state index in [-0.39, 0.29) is 31.2 Å². The molecule has 16 heavy (non-hydrogen) atoms. The van der Waals surface area contributed by atoms with E-state index in [2.05, 4.69) is 4.98 Å². The number of carbonyl (C=O) groups is 1. The molecule has 0 saturated carbocycles. The van der Waals surface area contributed by atoms with E-state index in [0.717, 1.165) is 5.56 Å². The Bertz CT molecular complexity index is 358. The highest BCUT2D eigenvalue weighted by Crippen LogP contribution is 2.12. The first-order valence-electron chi connectivity index (χ1n) is 4.14. The third-order valence-corrected chi connectivity index (χ3v) is 1.91. The number of nitrogen functional groups attached to an aromatic ring is 1. The molecule has 1 heterocycles. The van der Waals surface area contributed by atoms with E-state index in [1.165, 1.54) is 13.1 Å². The van der Waals surface area contributed by atoms with Gasteiger partial charge in [0.05, 0.1) is 0 Å². The van der Waals surface area contributed by atoms with Gasteiger partial charge in [0.1, 0.15) is 11.4 Å². The summed E-state index contributed by atoms with van der Waals surface area (Å²) in [6.45, 7) is 1.46. The standard InChI is InChI=1S/C9H13N3O2.2ClH/c1-9(11,8(13)14)5-6-2-3-12-7(10)4-6;;/h2-4H,5,11H2,1H3,(H2,10,12)(H,13,14);2*1H/t9-;;/m0../s1. The highest BCUT2D eigenvalue weighted by molar-refractivity contribution is 5.85. The van der Waals surface area contributed by atoms with E-state index in [4.69, 9.17) is 16.6 Å². The van der Waals surface area contributed by atoms with Gasteiger partial charge in [-0.3, -0.25) is 4.79 Å². The second kappa shape index (κ2) is 6.52. The molecule has 0 bridgehead atoms. The molecule has 0 aliphatic heterocycles. The molecule has 1 aromatic heterocycles. The van der Waals surface area contributed by atoms with Crippen LogP contribution < -0.4 is 11.5 Å². The Morgan fingerprint density at radius 1 is 1.56 bits per heavy atom. The van der Waals surface area contributed by atoms with Crippen LogP contribution in [0, 0.1) is 0 Å². The summed E-state index contributed by atoms with van der Waals surface area (Å²) in [7, 11) is 0. The summed E-state index contributed by atoms with van der Waals surface area (Å²) in [6, 6.07) is 3.32. The van der Waals surface area contributed by atoms with Crippen molar-refractivity contribution in [2.24, 2.45) is 5.73 Å². The SMILES string of the molecule is C[C@](N)(Cc1ccnc(N)c1)C(=O)O.Cl.Cl. The predicted molar refractivity (Wildman–Crippen MR) is 67.1 cm³/mol. The molecule has 5 N–H and O–H groups in total. The number of nitrogens with zero attached hydrogens (tertiary/aromatic N) is 1. The van der Waals surface area contributed by atoms with E-state index in [0.29, 0.717) is 5.82 Å². The van der Waals surface area contributed by atoms with Crippen LogP contribution in [0.5, 0.6) is 0 Å². The number of aliphatic carboxylic acids is 1. The van der Waals surface area contributed by atoms with E-state index < -0.39 is 11.5 Å². The van der Waals surface area contributed by atoms with Gasteiger partial charge in [0.25, 0.3) is 0 Å². The summed E-state index contributed by atoms with van der Waals surface area (Å²) >= 11 is 0. The molecule has 0 amide bonds. The number of carboxylic acid groups (broad SMARTS) is 1. The maximum Gasteiger partial charge on any atom is 0.323 e. The predicted octanol–water partition coefficient (Wildman–Crippen LogP) is 0.852. The Balaban J connectivity index is 0. The van der Waals surface area contributed by atoms with Gasteiger partial charge in [-0.2, -0.15) is 0 Å². The molecular weight excluding hydrogens is 253 g/mol. The molecular formula is C9H15Cl2N3O2. The lowest BCUT2D eigenvalue weighted by molar-refractivity contribution is -0.142. The number of hydrogen-bond acceptors (Lipinski definition) is 4. The van der Waals surface area contributed by atoms with Crippen molar-refractivity contribution in [3.8, 4) is 0 Å². The van der Waals surface area contributed by atoms with Crippen LogP contribution in [0.2, 0.25) is 0 Å². The first-order chi connectivity index (χ1) is 6.42. The van der Waals surface area contributed by atoms with Gasteiger partial charge >= 0.3 is 5.97 Å². The van der Waals surface area contributed by atoms with E-state index in [1.54, 1.807) is 12.1 Å². The molecule has 0 saturated heterocycles. The van der Waals surface area contributed by atoms with Gasteiger partial charge in [0.2, 0.25) is 0 Å². The van der Waals surface area contributed by atoms with Crippen LogP contribution in [0.1, 0.15) is 12.5 Å². The van der Waals surface area contributed by atoms with Crippen LogP contribution in [-0.2, 0) is 11.2 Å². The summed E-state index contributed by atoms with van der Waals surface area (Å²) in [6.07, 6.45) is 1.76.